The first-order chi connectivity index (χ1) is 12.9. The third-order valence-electron chi connectivity index (χ3n) is 5.51. The normalized spacial score (nSPS) is 16.3. The first-order valence-corrected chi connectivity index (χ1v) is 9.53. The number of benzene rings is 1. The highest BCUT2D eigenvalue weighted by Crippen LogP contribution is 2.31. The molecule has 0 bridgehead atoms. The van der Waals surface area contributed by atoms with E-state index in [-0.39, 0.29) is 11.3 Å². The number of methoxy groups -OCH3 is 1. The molecule has 0 atom stereocenters. The Morgan fingerprint density at radius 3 is 2.56 bits per heavy atom. The smallest absolute Gasteiger partial charge is 0.242 e. The third kappa shape index (κ3) is 3.86. The minimum absolute atomic E-state index is 0.0121. The van der Waals surface area contributed by atoms with Crippen molar-refractivity contribution in [3.05, 3.63) is 39.7 Å². The maximum Gasteiger partial charge on any atom is 0.242 e. The summed E-state index contributed by atoms with van der Waals surface area (Å²) in [6.07, 6.45) is 4.91. The first kappa shape index (κ1) is 19.4. The van der Waals surface area contributed by atoms with Crippen LogP contribution in [0, 0.1) is 6.92 Å². The topological polar surface area (TPSA) is 74.4 Å². The number of carbonyl (C=O) groups excluding carboxylic acids is 1. The number of carbonyl (C=O) groups is 1. The van der Waals surface area contributed by atoms with Gasteiger partial charge in [-0.3, -0.25) is 14.9 Å². The Morgan fingerprint density at radius 2 is 1.93 bits per heavy atom. The molecule has 1 aliphatic carbocycles. The van der Waals surface area contributed by atoms with Crippen molar-refractivity contribution in [2.75, 3.05) is 21.2 Å². The number of hydrogen-bond acceptors (Lipinski definition) is 4. The summed E-state index contributed by atoms with van der Waals surface area (Å²) in [4.78, 5) is 30.1. The summed E-state index contributed by atoms with van der Waals surface area (Å²) in [6.45, 7) is 2.34. The fourth-order valence-electron chi connectivity index (χ4n) is 4.10. The van der Waals surface area contributed by atoms with Crippen LogP contribution in [0.1, 0.15) is 43.4 Å². The first-order valence-electron chi connectivity index (χ1n) is 9.53. The molecule has 6 heteroatoms. The van der Waals surface area contributed by atoms with Crippen molar-refractivity contribution in [2.45, 2.75) is 51.1 Å². The van der Waals surface area contributed by atoms with E-state index in [1.807, 2.05) is 19.1 Å². The van der Waals surface area contributed by atoms with Gasteiger partial charge in [-0.25, -0.2) is 0 Å². The lowest BCUT2D eigenvalue weighted by atomic mass is 9.80. The van der Waals surface area contributed by atoms with Gasteiger partial charge in [-0.2, -0.15) is 0 Å². The molecule has 1 saturated carbocycles. The highest BCUT2D eigenvalue weighted by atomic mass is 16.5. The van der Waals surface area contributed by atoms with Crippen molar-refractivity contribution in [3.63, 3.8) is 0 Å². The van der Waals surface area contributed by atoms with Gasteiger partial charge in [0.1, 0.15) is 5.75 Å². The summed E-state index contributed by atoms with van der Waals surface area (Å²) in [5.74, 6) is 0.829. The lowest BCUT2D eigenvalue weighted by Crippen LogP contribution is -2.57. The number of amides is 1. The number of nitrogens with zero attached hydrogens (tertiary/aromatic N) is 1. The Bertz CT molecular complexity index is 895. The van der Waals surface area contributed by atoms with Gasteiger partial charge in [-0.15, -0.1) is 0 Å². The zero-order valence-corrected chi connectivity index (χ0v) is 16.6. The highest BCUT2D eigenvalue weighted by Gasteiger charge is 2.40. The van der Waals surface area contributed by atoms with Crippen molar-refractivity contribution in [1.29, 1.82) is 0 Å². The van der Waals surface area contributed by atoms with Crippen LogP contribution < -0.4 is 15.5 Å². The molecule has 0 saturated heterocycles. The Hall–Kier alpha value is -2.34. The molecular weight excluding hydrogens is 342 g/mol. The minimum Gasteiger partial charge on any atom is -0.496 e. The van der Waals surface area contributed by atoms with Gasteiger partial charge in [0.15, 0.2) is 5.43 Å². The zero-order valence-electron chi connectivity index (χ0n) is 16.6. The van der Waals surface area contributed by atoms with Gasteiger partial charge in [0.25, 0.3) is 0 Å². The highest BCUT2D eigenvalue weighted by molar-refractivity contribution is 5.86. The van der Waals surface area contributed by atoms with E-state index in [0.29, 0.717) is 17.7 Å². The number of aromatic amines is 1. The molecule has 1 aromatic heterocycles. The van der Waals surface area contributed by atoms with Gasteiger partial charge < -0.3 is 14.6 Å². The molecule has 27 heavy (non-hydrogen) atoms. The summed E-state index contributed by atoms with van der Waals surface area (Å²) in [5.41, 5.74) is 1.91. The number of H-pyrrole nitrogens is 1. The predicted molar refractivity (Wildman–Crippen MR) is 107 cm³/mol. The van der Waals surface area contributed by atoms with Crippen LogP contribution in [0.2, 0.25) is 0 Å². The fourth-order valence-corrected chi connectivity index (χ4v) is 4.10. The molecule has 6 nitrogen and oxygen atoms in total. The molecule has 3 rings (SSSR count). The van der Waals surface area contributed by atoms with Gasteiger partial charge in [-0.05, 0) is 25.8 Å². The van der Waals surface area contributed by atoms with Crippen LogP contribution >= 0.6 is 0 Å². The largest absolute Gasteiger partial charge is 0.496 e. The monoisotopic (exact) mass is 371 g/mol. The lowest BCUT2D eigenvalue weighted by molar-refractivity contribution is -0.137. The maximum absolute atomic E-state index is 12.9. The minimum atomic E-state index is -0.540. The number of aromatic nitrogens is 1. The van der Waals surface area contributed by atoms with Crippen molar-refractivity contribution in [3.8, 4) is 5.75 Å². The van der Waals surface area contributed by atoms with Crippen molar-refractivity contribution >= 4 is 16.8 Å². The Kier molecular flexibility index (Phi) is 5.56. The van der Waals surface area contributed by atoms with E-state index in [4.69, 9.17) is 4.74 Å². The van der Waals surface area contributed by atoms with Crippen LogP contribution in [-0.4, -0.2) is 42.5 Å². The summed E-state index contributed by atoms with van der Waals surface area (Å²) in [5, 5.41) is 4.15. The number of hydrogen-bond donors (Lipinski definition) is 2. The number of nitrogens with one attached hydrogen (secondary N) is 2. The molecule has 1 heterocycles. The van der Waals surface area contributed by atoms with Crippen molar-refractivity contribution < 1.29 is 9.53 Å². The Balaban J connectivity index is 1.95. The average molecular weight is 371 g/mol. The van der Waals surface area contributed by atoms with Gasteiger partial charge in [0.05, 0.1) is 18.2 Å². The summed E-state index contributed by atoms with van der Waals surface area (Å²) < 4.78 is 5.56. The zero-order chi connectivity index (χ0) is 19.6. The van der Waals surface area contributed by atoms with Crippen LogP contribution in [0.4, 0.5) is 0 Å². The molecule has 0 unspecified atom stereocenters. The van der Waals surface area contributed by atoms with E-state index < -0.39 is 5.54 Å². The number of fused-ring (bicyclic) bond motifs is 1. The van der Waals surface area contributed by atoms with Crippen molar-refractivity contribution in [2.24, 2.45) is 0 Å². The van der Waals surface area contributed by atoms with Crippen molar-refractivity contribution in [1.82, 2.24) is 15.2 Å². The number of likely N-dealkylation sites (N-methyl/N-ethyl adjacent to an activating group) is 1. The molecule has 1 aromatic carbocycles. The number of aryl methyl sites for hydroxylation is 1. The quantitative estimate of drug-likeness (QED) is 0.847. The maximum atomic E-state index is 12.9. The van der Waals surface area contributed by atoms with E-state index in [2.05, 4.69) is 10.3 Å². The Labute approximate surface area is 159 Å². The van der Waals surface area contributed by atoms with Gasteiger partial charge in [0, 0.05) is 49.4 Å². The number of pyridine rings is 1. The van der Waals surface area contributed by atoms with E-state index in [1.54, 1.807) is 32.2 Å². The second-order valence-corrected chi connectivity index (χ2v) is 7.72. The molecule has 2 N–H and O–H groups in total. The molecule has 1 aliphatic rings. The molecular formula is C21H29N3O3. The van der Waals surface area contributed by atoms with Crippen LogP contribution in [0.5, 0.6) is 5.75 Å². The van der Waals surface area contributed by atoms with Gasteiger partial charge in [-0.1, -0.05) is 19.3 Å². The molecule has 0 spiro atoms. The standard InChI is InChI=1S/C21H29N3O3/c1-14-10-18(25)16-11-15(19(27-4)12-17(16)23-14)13-22-21(20(26)24(2)3)8-6-5-7-9-21/h10-12,22H,5-9,13H2,1-4H3,(H,23,25). The molecule has 1 fully saturated rings. The van der Waals surface area contributed by atoms with Crippen LogP contribution in [0.15, 0.2) is 23.0 Å². The van der Waals surface area contributed by atoms with E-state index >= 15 is 0 Å². The van der Waals surface area contributed by atoms with Crippen LogP contribution in [0.25, 0.3) is 10.9 Å². The number of rotatable bonds is 5. The average Bonchev–Trinajstić information content (AvgIpc) is 2.65. The summed E-state index contributed by atoms with van der Waals surface area (Å²) in [6, 6.07) is 5.34. The second kappa shape index (κ2) is 7.72. The number of ether oxygens (including phenoxy) is 1. The molecule has 2 aromatic rings. The van der Waals surface area contributed by atoms with E-state index in [1.165, 1.54) is 0 Å². The second-order valence-electron chi connectivity index (χ2n) is 7.72. The summed E-state index contributed by atoms with van der Waals surface area (Å²) in [7, 11) is 5.23. The SMILES string of the molecule is COc1cc2[nH]c(C)cc(=O)c2cc1CNC1(C(=O)N(C)C)CCCCC1. The molecule has 0 aliphatic heterocycles. The fraction of sp³-hybridized carbons (Fsp3) is 0.524. The molecule has 1 amide bonds. The van der Waals surface area contributed by atoms with Crippen LogP contribution in [0.3, 0.4) is 0 Å². The molecule has 146 valence electrons. The van der Waals surface area contributed by atoms with Gasteiger partial charge in [0.2, 0.25) is 5.91 Å². The van der Waals surface area contributed by atoms with Gasteiger partial charge >= 0.3 is 0 Å². The van der Waals surface area contributed by atoms with E-state index in [0.717, 1.165) is 48.9 Å². The third-order valence-corrected chi connectivity index (χ3v) is 5.51. The summed E-state index contributed by atoms with van der Waals surface area (Å²) >= 11 is 0. The van der Waals surface area contributed by atoms with E-state index in [9.17, 15) is 9.59 Å². The predicted octanol–water partition coefficient (Wildman–Crippen LogP) is 2.73. The Morgan fingerprint density at radius 1 is 1.22 bits per heavy atom. The van der Waals surface area contributed by atoms with Crippen LogP contribution in [-0.2, 0) is 11.3 Å². The molecule has 0 radical (unpaired) electrons. The lowest BCUT2D eigenvalue weighted by Gasteiger charge is -2.38.